The number of carbonyl (C=O) groups excluding carboxylic acids is 1. The predicted molar refractivity (Wildman–Crippen MR) is 135 cm³/mol. The molecule has 4 rings (SSSR count). The monoisotopic (exact) mass is 489 g/mol. The molecule has 1 aromatic heterocycles. The molecule has 1 aliphatic rings. The van der Waals surface area contributed by atoms with Crippen LogP contribution in [-0.4, -0.2) is 41.9 Å². The molecule has 9 nitrogen and oxygen atoms in total. The van der Waals surface area contributed by atoms with Gasteiger partial charge in [-0.1, -0.05) is 12.1 Å². The number of hydrogen-bond acceptors (Lipinski definition) is 9. The van der Waals surface area contributed by atoms with Crippen LogP contribution in [0.1, 0.15) is 50.3 Å². The molecule has 9 heteroatoms. The zero-order valence-corrected chi connectivity index (χ0v) is 21.1. The minimum atomic E-state index is -0.223. The van der Waals surface area contributed by atoms with Gasteiger partial charge in [-0.3, -0.25) is 4.79 Å². The summed E-state index contributed by atoms with van der Waals surface area (Å²) in [7, 11) is 1.40. The number of nitriles is 1. The highest BCUT2D eigenvalue weighted by Gasteiger charge is 2.23. The maximum absolute atomic E-state index is 11.5. The molecule has 36 heavy (non-hydrogen) atoms. The number of carbonyl (C=O) groups is 1. The largest absolute Gasteiger partial charge is 0.490 e. The number of nitrogens with zero attached hydrogens (tertiary/aromatic N) is 4. The van der Waals surface area contributed by atoms with E-state index in [0.717, 1.165) is 30.6 Å². The van der Waals surface area contributed by atoms with Crippen LogP contribution >= 0.6 is 0 Å². The third-order valence-electron chi connectivity index (χ3n) is 5.98. The summed E-state index contributed by atoms with van der Waals surface area (Å²) in [6.45, 7) is 7.25. The summed E-state index contributed by atoms with van der Waals surface area (Å²) in [4.78, 5) is 18.2. The molecule has 3 aromatic rings. The van der Waals surface area contributed by atoms with Gasteiger partial charge in [-0.05, 0) is 74.2 Å². The summed E-state index contributed by atoms with van der Waals surface area (Å²) < 4.78 is 16.0. The van der Waals surface area contributed by atoms with Crippen LogP contribution in [-0.2, 0) is 22.5 Å². The molecule has 2 aromatic carbocycles. The first kappa shape index (κ1) is 25.2. The molecule has 1 N–H and O–H groups in total. The maximum Gasteiger partial charge on any atom is 0.307 e. The molecule has 0 bridgehead atoms. The Hall–Kier alpha value is -3.90. The number of fused-ring (bicyclic) bond motifs is 1. The van der Waals surface area contributed by atoms with Crippen molar-refractivity contribution in [3.8, 4) is 23.3 Å². The Morgan fingerprint density at radius 3 is 2.83 bits per heavy atom. The van der Waals surface area contributed by atoms with Gasteiger partial charge in [-0.15, -0.1) is 0 Å². The zero-order chi connectivity index (χ0) is 25.7. The van der Waals surface area contributed by atoms with Crippen LogP contribution < -0.4 is 15.0 Å². The summed E-state index contributed by atoms with van der Waals surface area (Å²) in [6.07, 6.45) is 2.23. The van der Waals surface area contributed by atoms with E-state index in [4.69, 9.17) is 14.0 Å². The van der Waals surface area contributed by atoms with E-state index in [0.29, 0.717) is 41.7 Å². The first-order chi connectivity index (χ1) is 17.4. The highest BCUT2D eigenvalue weighted by Crippen LogP contribution is 2.34. The lowest BCUT2D eigenvalue weighted by molar-refractivity contribution is -0.141. The van der Waals surface area contributed by atoms with E-state index < -0.39 is 0 Å². The van der Waals surface area contributed by atoms with Crippen molar-refractivity contribution in [2.45, 2.75) is 58.7 Å². The second kappa shape index (κ2) is 11.2. The van der Waals surface area contributed by atoms with E-state index in [1.807, 2.05) is 26.8 Å². The molecule has 0 radical (unpaired) electrons. The van der Waals surface area contributed by atoms with Crippen molar-refractivity contribution in [3.63, 3.8) is 0 Å². The highest BCUT2D eigenvalue weighted by molar-refractivity contribution is 5.70. The van der Waals surface area contributed by atoms with Crippen molar-refractivity contribution in [1.29, 1.82) is 5.26 Å². The number of nitrogens with one attached hydrogen (secondary N) is 1. The number of ether oxygens (including phenoxy) is 2. The van der Waals surface area contributed by atoms with Crippen LogP contribution in [0.15, 0.2) is 40.9 Å². The average Bonchev–Trinajstić information content (AvgIpc) is 3.37. The van der Waals surface area contributed by atoms with Crippen LogP contribution in [0.4, 0.5) is 11.6 Å². The number of aromatic nitrogens is 2. The van der Waals surface area contributed by atoms with Gasteiger partial charge < -0.3 is 24.2 Å². The Morgan fingerprint density at radius 1 is 1.25 bits per heavy atom. The molecule has 0 aliphatic carbocycles. The van der Waals surface area contributed by atoms with Crippen molar-refractivity contribution < 1.29 is 18.8 Å². The topological polar surface area (TPSA) is 114 Å². The Labute approximate surface area is 211 Å². The Kier molecular flexibility index (Phi) is 7.86. The smallest absolute Gasteiger partial charge is 0.307 e. The van der Waals surface area contributed by atoms with Gasteiger partial charge >= 0.3 is 5.97 Å². The molecule has 1 aliphatic heterocycles. The SMILES string of the molecule is COC(=O)C[C@H](C)NCc1ccc2c(c1)CCCN2c1noc(-c2ccc(OC(C)C)c(C#N)c2)n1. The van der Waals surface area contributed by atoms with Crippen molar-refractivity contribution in [1.82, 2.24) is 15.5 Å². The van der Waals surface area contributed by atoms with Gasteiger partial charge in [0, 0.05) is 30.4 Å². The molecule has 0 fully saturated rings. The lowest BCUT2D eigenvalue weighted by Crippen LogP contribution is -2.29. The summed E-state index contributed by atoms with van der Waals surface area (Å²) in [6, 6.07) is 13.8. The fourth-order valence-corrected chi connectivity index (χ4v) is 4.22. The maximum atomic E-state index is 11.5. The third-order valence-corrected chi connectivity index (χ3v) is 5.98. The second-order valence-corrected chi connectivity index (χ2v) is 9.17. The van der Waals surface area contributed by atoms with Crippen LogP contribution in [0.5, 0.6) is 5.75 Å². The fraction of sp³-hybridized carbons (Fsp3) is 0.407. The number of methoxy groups -OCH3 is 1. The van der Waals surface area contributed by atoms with Crippen molar-refractivity contribution >= 4 is 17.6 Å². The van der Waals surface area contributed by atoms with Gasteiger partial charge in [0.15, 0.2) is 0 Å². The Morgan fingerprint density at radius 2 is 2.08 bits per heavy atom. The highest BCUT2D eigenvalue weighted by atomic mass is 16.5. The Balaban J connectivity index is 1.49. The third kappa shape index (κ3) is 5.83. The van der Waals surface area contributed by atoms with Crippen molar-refractivity contribution in [2.24, 2.45) is 0 Å². The average molecular weight is 490 g/mol. The van der Waals surface area contributed by atoms with Crippen LogP contribution in [0.25, 0.3) is 11.5 Å². The Bertz CT molecular complexity index is 1260. The lowest BCUT2D eigenvalue weighted by Gasteiger charge is -2.28. The number of anilines is 2. The number of rotatable bonds is 9. The fourth-order valence-electron chi connectivity index (χ4n) is 4.22. The summed E-state index contributed by atoms with van der Waals surface area (Å²) in [5.41, 5.74) is 4.51. The standard InChI is InChI=1S/C27H31N5O4/c1-17(2)35-24-10-8-21(14-22(24)15-28)26-30-27(31-36-26)32-11-5-6-20-13-19(7-9-23(20)32)16-29-18(3)12-25(33)34-4/h7-10,13-14,17-18,29H,5-6,11-12,16H2,1-4H3/t18-/m0/s1. The summed E-state index contributed by atoms with van der Waals surface area (Å²) in [5.74, 6) is 1.15. The predicted octanol–water partition coefficient (Wildman–Crippen LogP) is 4.52. The van der Waals surface area contributed by atoms with Crippen LogP contribution in [0.2, 0.25) is 0 Å². The van der Waals surface area contributed by atoms with Crippen molar-refractivity contribution in [2.75, 3.05) is 18.6 Å². The van der Waals surface area contributed by atoms with E-state index in [-0.39, 0.29) is 18.1 Å². The van der Waals surface area contributed by atoms with E-state index in [2.05, 4.69) is 44.6 Å². The normalized spacial score (nSPS) is 13.7. The van der Waals surface area contributed by atoms with Gasteiger partial charge in [-0.2, -0.15) is 10.2 Å². The molecule has 0 saturated heterocycles. The molecule has 0 amide bonds. The van der Waals surface area contributed by atoms with Gasteiger partial charge in [-0.25, -0.2) is 0 Å². The quantitative estimate of drug-likeness (QED) is 0.433. The van der Waals surface area contributed by atoms with Gasteiger partial charge in [0.05, 0.1) is 25.2 Å². The minimum absolute atomic E-state index is 0.0234. The van der Waals surface area contributed by atoms with E-state index in [9.17, 15) is 10.1 Å². The first-order valence-electron chi connectivity index (χ1n) is 12.1. The first-order valence-corrected chi connectivity index (χ1v) is 12.1. The van der Waals surface area contributed by atoms with Gasteiger partial charge in [0.25, 0.3) is 11.8 Å². The van der Waals surface area contributed by atoms with Gasteiger partial charge in [0.1, 0.15) is 11.8 Å². The molecule has 2 heterocycles. The molecule has 0 spiro atoms. The van der Waals surface area contributed by atoms with E-state index in [1.165, 1.54) is 12.7 Å². The molecule has 1 atom stereocenters. The number of hydrogen-bond donors (Lipinski definition) is 1. The van der Waals surface area contributed by atoms with E-state index in [1.54, 1.807) is 12.1 Å². The summed E-state index contributed by atoms with van der Waals surface area (Å²) >= 11 is 0. The molecular formula is C27H31N5O4. The number of esters is 1. The lowest BCUT2D eigenvalue weighted by atomic mass is 9.99. The number of aryl methyl sites for hydroxylation is 1. The van der Waals surface area contributed by atoms with Crippen molar-refractivity contribution in [3.05, 3.63) is 53.1 Å². The zero-order valence-electron chi connectivity index (χ0n) is 21.1. The molecule has 0 unspecified atom stereocenters. The van der Waals surface area contributed by atoms with Crippen LogP contribution in [0, 0.1) is 11.3 Å². The second-order valence-electron chi connectivity index (χ2n) is 9.17. The van der Waals surface area contributed by atoms with Gasteiger partial charge in [0.2, 0.25) is 0 Å². The molecule has 188 valence electrons. The van der Waals surface area contributed by atoms with Crippen LogP contribution in [0.3, 0.4) is 0 Å². The summed E-state index contributed by atoms with van der Waals surface area (Å²) in [5, 5.41) is 17.1. The van der Waals surface area contributed by atoms with E-state index >= 15 is 0 Å². The molecular weight excluding hydrogens is 458 g/mol. The number of benzene rings is 2. The molecule has 0 saturated carbocycles. The minimum Gasteiger partial charge on any atom is -0.490 e.